The van der Waals surface area contributed by atoms with Crippen molar-refractivity contribution >= 4 is 17.4 Å². The summed E-state index contributed by atoms with van der Waals surface area (Å²) in [6, 6.07) is 9.17. The van der Waals surface area contributed by atoms with E-state index in [1.807, 2.05) is 16.6 Å². The smallest absolute Gasteiger partial charge is 0.251 e. The number of amides is 1. The summed E-state index contributed by atoms with van der Waals surface area (Å²) in [6.45, 7) is 1.86. The fraction of sp³-hybridized carbons (Fsp3) is 0.316. The highest BCUT2D eigenvalue weighted by Crippen LogP contribution is 2.32. The highest BCUT2D eigenvalue weighted by Gasteiger charge is 2.24. The van der Waals surface area contributed by atoms with Gasteiger partial charge in [-0.25, -0.2) is 4.98 Å². The standard InChI is InChI=1S/C19H19N5O3/c25-19(13-3-4-15-16(10-13)27-12-26-15)22-14-2-1-9-23(11-14)18-6-7-20-17-5-8-21-24(17)18/h3-8,10,14H,1-2,9,11-12H2,(H,22,25). The molecule has 1 atom stereocenters. The van der Waals surface area contributed by atoms with E-state index in [2.05, 4.69) is 20.3 Å². The van der Waals surface area contributed by atoms with Gasteiger partial charge in [-0.05, 0) is 37.1 Å². The van der Waals surface area contributed by atoms with Crippen LogP contribution in [0.5, 0.6) is 11.5 Å². The first-order valence-electron chi connectivity index (χ1n) is 9.02. The van der Waals surface area contributed by atoms with E-state index in [1.54, 1.807) is 30.6 Å². The first kappa shape index (κ1) is 15.9. The summed E-state index contributed by atoms with van der Waals surface area (Å²) in [4.78, 5) is 19.2. The Morgan fingerprint density at radius 1 is 1.15 bits per heavy atom. The normalized spacial score (nSPS) is 18.7. The Balaban J connectivity index is 1.31. The van der Waals surface area contributed by atoms with Crippen molar-refractivity contribution in [3.8, 4) is 11.5 Å². The Kier molecular flexibility index (Phi) is 3.81. The number of piperidine rings is 1. The molecule has 5 rings (SSSR count). The van der Waals surface area contributed by atoms with Gasteiger partial charge in [0, 0.05) is 37.0 Å². The Morgan fingerprint density at radius 2 is 2.07 bits per heavy atom. The molecule has 0 aliphatic carbocycles. The molecule has 0 bridgehead atoms. The Hall–Kier alpha value is -3.29. The number of anilines is 1. The van der Waals surface area contributed by atoms with Crippen LogP contribution in [0.4, 0.5) is 5.82 Å². The molecule has 1 amide bonds. The molecule has 1 N–H and O–H groups in total. The van der Waals surface area contributed by atoms with Gasteiger partial charge in [0.15, 0.2) is 17.1 Å². The molecular formula is C19H19N5O3. The molecule has 0 spiro atoms. The number of carbonyl (C=O) groups excluding carboxylic acids is 1. The summed E-state index contributed by atoms with van der Waals surface area (Å²) in [5.74, 6) is 2.19. The van der Waals surface area contributed by atoms with Gasteiger partial charge in [-0.1, -0.05) is 0 Å². The van der Waals surface area contributed by atoms with Crippen LogP contribution < -0.4 is 19.7 Å². The molecule has 8 heteroatoms. The lowest BCUT2D eigenvalue weighted by molar-refractivity contribution is 0.0932. The van der Waals surface area contributed by atoms with E-state index < -0.39 is 0 Å². The summed E-state index contributed by atoms with van der Waals surface area (Å²) in [6.07, 6.45) is 5.48. The average Bonchev–Trinajstić information content (AvgIpc) is 3.36. The van der Waals surface area contributed by atoms with Crippen molar-refractivity contribution in [1.82, 2.24) is 19.9 Å². The molecule has 4 heterocycles. The molecule has 138 valence electrons. The number of rotatable bonds is 3. The highest BCUT2D eigenvalue weighted by molar-refractivity contribution is 5.95. The minimum Gasteiger partial charge on any atom is -0.454 e. The molecule has 0 saturated carbocycles. The number of hydrogen-bond acceptors (Lipinski definition) is 6. The number of fused-ring (bicyclic) bond motifs is 2. The van der Waals surface area contributed by atoms with Gasteiger partial charge in [-0.3, -0.25) is 4.79 Å². The lowest BCUT2D eigenvalue weighted by Gasteiger charge is -2.34. The number of nitrogens with zero attached hydrogens (tertiary/aromatic N) is 4. The van der Waals surface area contributed by atoms with E-state index in [0.29, 0.717) is 17.1 Å². The number of aromatic nitrogens is 3. The zero-order chi connectivity index (χ0) is 18.2. The van der Waals surface area contributed by atoms with Crippen molar-refractivity contribution in [1.29, 1.82) is 0 Å². The third kappa shape index (κ3) is 2.92. The van der Waals surface area contributed by atoms with E-state index in [-0.39, 0.29) is 18.7 Å². The molecule has 8 nitrogen and oxygen atoms in total. The third-order valence-electron chi connectivity index (χ3n) is 4.99. The zero-order valence-electron chi connectivity index (χ0n) is 14.7. The Labute approximate surface area is 155 Å². The molecule has 1 unspecified atom stereocenters. The second kappa shape index (κ2) is 6.46. The van der Waals surface area contributed by atoms with Crippen LogP contribution in [0.1, 0.15) is 23.2 Å². The molecule has 0 radical (unpaired) electrons. The summed E-state index contributed by atoms with van der Waals surface area (Å²) in [5.41, 5.74) is 1.40. The van der Waals surface area contributed by atoms with E-state index in [1.165, 1.54) is 0 Å². The van der Waals surface area contributed by atoms with E-state index >= 15 is 0 Å². The van der Waals surface area contributed by atoms with Crippen LogP contribution in [0.3, 0.4) is 0 Å². The van der Waals surface area contributed by atoms with Crippen molar-refractivity contribution in [3.63, 3.8) is 0 Å². The van der Waals surface area contributed by atoms with Crippen LogP contribution in [0.15, 0.2) is 42.7 Å². The monoisotopic (exact) mass is 365 g/mol. The number of nitrogens with one attached hydrogen (secondary N) is 1. The van der Waals surface area contributed by atoms with Gasteiger partial charge in [0.1, 0.15) is 5.82 Å². The Bertz CT molecular complexity index is 1000. The first-order chi connectivity index (χ1) is 13.3. The Morgan fingerprint density at radius 3 is 3.04 bits per heavy atom. The minimum atomic E-state index is -0.0980. The van der Waals surface area contributed by atoms with Crippen LogP contribution in [-0.4, -0.2) is 46.4 Å². The third-order valence-corrected chi connectivity index (χ3v) is 4.99. The van der Waals surface area contributed by atoms with Gasteiger partial charge >= 0.3 is 0 Å². The maximum Gasteiger partial charge on any atom is 0.251 e. The van der Waals surface area contributed by atoms with Crippen LogP contribution in [-0.2, 0) is 0 Å². The van der Waals surface area contributed by atoms with Gasteiger partial charge in [-0.2, -0.15) is 9.61 Å². The molecule has 27 heavy (non-hydrogen) atoms. The van der Waals surface area contributed by atoms with E-state index in [9.17, 15) is 4.79 Å². The lowest BCUT2D eigenvalue weighted by atomic mass is 10.0. The van der Waals surface area contributed by atoms with Crippen LogP contribution >= 0.6 is 0 Å². The molecule has 1 saturated heterocycles. The van der Waals surface area contributed by atoms with Crippen LogP contribution in [0.25, 0.3) is 5.65 Å². The number of carbonyl (C=O) groups is 1. The largest absolute Gasteiger partial charge is 0.454 e. The molecule has 2 aliphatic heterocycles. The average molecular weight is 365 g/mol. The maximum atomic E-state index is 12.7. The van der Waals surface area contributed by atoms with Gasteiger partial charge < -0.3 is 19.7 Å². The topological polar surface area (TPSA) is 81.0 Å². The molecule has 1 aromatic carbocycles. The predicted octanol–water partition coefficient (Wildman–Crippen LogP) is 1.86. The van der Waals surface area contributed by atoms with Crippen molar-refractivity contribution in [2.24, 2.45) is 0 Å². The number of hydrogen-bond donors (Lipinski definition) is 1. The van der Waals surface area contributed by atoms with Gasteiger partial charge in [0.05, 0.1) is 6.20 Å². The van der Waals surface area contributed by atoms with Gasteiger partial charge in [0.25, 0.3) is 5.91 Å². The molecule has 2 aliphatic rings. The van der Waals surface area contributed by atoms with E-state index in [0.717, 1.165) is 37.4 Å². The second-order valence-electron chi connectivity index (χ2n) is 6.73. The summed E-state index contributed by atoms with van der Waals surface area (Å²) in [7, 11) is 0. The van der Waals surface area contributed by atoms with Crippen molar-refractivity contribution < 1.29 is 14.3 Å². The maximum absolute atomic E-state index is 12.7. The SMILES string of the molecule is O=C(NC1CCCN(c2ccnc3ccnn23)C1)c1ccc2c(c1)OCO2. The summed E-state index contributed by atoms with van der Waals surface area (Å²) < 4.78 is 12.5. The fourth-order valence-corrected chi connectivity index (χ4v) is 3.67. The van der Waals surface area contributed by atoms with Gasteiger partial charge in [-0.15, -0.1) is 0 Å². The molecule has 3 aromatic rings. The molecule has 1 fully saturated rings. The molecule has 2 aromatic heterocycles. The quantitative estimate of drug-likeness (QED) is 0.763. The van der Waals surface area contributed by atoms with Crippen LogP contribution in [0, 0.1) is 0 Å². The summed E-state index contributed by atoms with van der Waals surface area (Å²) in [5, 5.41) is 7.51. The highest BCUT2D eigenvalue weighted by atomic mass is 16.7. The first-order valence-corrected chi connectivity index (χ1v) is 9.02. The zero-order valence-corrected chi connectivity index (χ0v) is 14.7. The number of benzene rings is 1. The van der Waals surface area contributed by atoms with E-state index in [4.69, 9.17) is 9.47 Å². The number of ether oxygens (including phenoxy) is 2. The van der Waals surface area contributed by atoms with Crippen molar-refractivity contribution in [3.05, 3.63) is 48.3 Å². The fourth-order valence-electron chi connectivity index (χ4n) is 3.67. The van der Waals surface area contributed by atoms with Gasteiger partial charge in [0.2, 0.25) is 6.79 Å². The summed E-state index contributed by atoms with van der Waals surface area (Å²) >= 11 is 0. The minimum absolute atomic E-state index is 0.0652. The van der Waals surface area contributed by atoms with Crippen LogP contribution in [0.2, 0.25) is 0 Å². The van der Waals surface area contributed by atoms with Crippen molar-refractivity contribution in [2.45, 2.75) is 18.9 Å². The second-order valence-corrected chi connectivity index (χ2v) is 6.73. The predicted molar refractivity (Wildman–Crippen MR) is 98.3 cm³/mol. The van der Waals surface area contributed by atoms with Crippen molar-refractivity contribution in [2.75, 3.05) is 24.8 Å². The lowest BCUT2D eigenvalue weighted by Crippen LogP contribution is -2.48. The molecular weight excluding hydrogens is 346 g/mol.